The molecule has 0 amide bonds. The molecular formula is C12H14F3N3S. The zero-order valence-electron chi connectivity index (χ0n) is 10.2. The first-order valence-corrected chi connectivity index (χ1v) is 7.05. The van der Waals surface area contributed by atoms with Crippen LogP contribution in [0.2, 0.25) is 0 Å². The van der Waals surface area contributed by atoms with Gasteiger partial charge in [-0.15, -0.1) is 11.3 Å². The minimum atomic E-state index is -4.30. The smallest absolute Gasteiger partial charge is 0.290 e. The molecule has 3 rings (SSSR count). The minimum Gasteiger partial charge on any atom is -0.290 e. The van der Waals surface area contributed by atoms with E-state index in [0.717, 1.165) is 4.88 Å². The standard InChI is InChI=1S/C12H14F3N3S/c13-12(14,15)11-8-9(10-2-1-7-19-10)16-3-5-18(11)6-4-17-11/h1-2,7,17H,3-6,8H2/t11-/m1/s1. The van der Waals surface area contributed by atoms with Gasteiger partial charge in [-0.25, -0.2) is 0 Å². The van der Waals surface area contributed by atoms with Gasteiger partial charge in [-0.05, 0) is 11.4 Å². The number of hydrogen-bond acceptors (Lipinski definition) is 4. The summed E-state index contributed by atoms with van der Waals surface area (Å²) in [5.74, 6) is 0. The summed E-state index contributed by atoms with van der Waals surface area (Å²) >= 11 is 1.44. The summed E-state index contributed by atoms with van der Waals surface area (Å²) in [5.41, 5.74) is -1.38. The molecule has 3 nitrogen and oxygen atoms in total. The predicted octanol–water partition coefficient (Wildman–Crippen LogP) is 2.10. The molecule has 1 atom stereocenters. The molecule has 1 saturated heterocycles. The maximum atomic E-state index is 13.5. The summed E-state index contributed by atoms with van der Waals surface area (Å²) in [7, 11) is 0. The van der Waals surface area contributed by atoms with E-state index in [-0.39, 0.29) is 6.42 Å². The molecular weight excluding hydrogens is 275 g/mol. The summed E-state index contributed by atoms with van der Waals surface area (Å²) in [4.78, 5) is 6.67. The number of aliphatic imine (C=N–C) groups is 1. The van der Waals surface area contributed by atoms with E-state index in [4.69, 9.17) is 0 Å². The van der Waals surface area contributed by atoms with Crippen molar-refractivity contribution in [3.8, 4) is 0 Å². The molecule has 1 aromatic rings. The van der Waals surface area contributed by atoms with Crippen LogP contribution in [0, 0.1) is 0 Å². The lowest BCUT2D eigenvalue weighted by molar-refractivity contribution is -0.227. The number of hydrogen-bond donors (Lipinski definition) is 1. The second-order valence-corrected chi connectivity index (χ2v) is 5.70. The number of nitrogens with one attached hydrogen (secondary N) is 1. The fourth-order valence-electron chi connectivity index (χ4n) is 2.77. The van der Waals surface area contributed by atoms with Crippen LogP contribution >= 0.6 is 11.3 Å². The van der Waals surface area contributed by atoms with Gasteiger partial charge in [0.1, 0.15) is 0 Å². The Balaban J connectivity index is 1.98. The second-order valence-electron chi connectivity index (χ2n) is 4.75. The SMILES string of the molecule is FC(F)(F)[C@@]12CC(c3cccs3)=NCCN1CCN2. The highest BCUT2D eigenvalue weighted by atomic mass is 32.1. The van der Waals surface area contributed by atoms with Crippen LogP contribution < -0.4 is 5.32 Å². The Labute approximate surface area is 113 Å². The third-order valence-electron chi connectivity index (χ3n) is 3.71. The van der Waals surface area contributed by atoms with Gasteiger partial charge in [0.15, 0.2) is 5.66 Å². The molecule has 2 aliphatic rings. The highest BCUT2D eigenvalue weighted by Crippen LogP contribution is 2.40. The van der Waals surface area contributed by atoms with Crippen LogP contribution in [0.1, 0.15) is 11.3 Å². The second kappa shape index (κ2) is 4.57. The van der Waals surface area contributed by atoms with Gasteiger partial charge < -0.3 is 0 Å². The van der Waals surface area contributed by atoms with E-state index in [1.165, 1.54) is 16.2 Å². The van der Waals surface area contributed by atoms with E-state index in [1.807, 2.05) is 17.5 Å². The molecule has 0 bridgehead atoms. The van der Waals surface area contributed by atoms with Gasteiger partial charge >= 0.3 is 6.18 Å². The lowest BCUT2D eigenvalue weighted by Crippen LogP contribution is -2.62. The third-order valence-corrected chi connectivity index (χ3v) is 4.63. The summed E-state index contributed by atoms with van der Waals surface area (Å²) in [6.45, 7) is 1.57. The Morgan fingerprint density at radius 3 is 2.89 bits per heavy atom. The molecule has 0 aromatic carbocycles. The fraction of sp³-hybridized carbons (Fsp3) is 0.583. The quantitative estimate of drug-likeness (QED) is 0.857. The number of fused-ring (bicyclic) bond motifs is 1. The van der Waals surface area contributed by atoms with Crippen molar-refractivity contribution in [2.75, 3.05) is 26.2 Å². The highest BCUT2D eigenvalue weighted by molar-refractivity contribution is 7.12. The van der Waals surface area contributed by atoms with Crippen LogP contribution in [0.15, 0.2) is 22.5 Å². The zero-order valence-corrected chi connectivity index (χ0v) is 11.0. The van der Waals surface area contributed by atoms with Crippen LogP contribution in [0.3, 0.4) is 0 Å². The van der Waals surface area contributed by atoms with E-state index in [0.29, 0.717) is 31.9 Å². The van der Waals surface area contributed by atoms with Crippen molar-refractivity contribution in [2.24, 2.45) is 4.99 Å². The van der Waals surface area contributed by atoms with Crippen molar-refractivity contribution in [3.63, 3.8) is 0 Å². The van der Waals surface area contributed by atoms with Crippen molar-refractivity contribution in [2.45, 2.75) is 18.3 Å². The first kappa shape index (κ1) is 13.1. The first-order chi connectivity index (χ1) is 9.03. The Morgan fingerprint density at radius 2 is 2.21 bits per heavy atom. The van der Waals surface area contributed by atoms with E-state index in [2.05, 4.69) is 10.3 Å². The Hall–Kier alpha value is -0.920. The van der Waals surface area contributed by atoms with Crippen molar-refractivity contribution in [1.29, 1.82) is 0 Å². The van der Waals surface area contributed by atoms with Crippen molar-refractivity contribution < 1.29 is 13.2 Å². The highest BCUT2D eigenvalue weighted by Gasteiger charge is 2.61. The van der Waals surface area contributed by atoms with E-state index >= 15 is 0 Å². The molecule has 1 aromatic heterocycles. The Bertz CT molecular complexity index is 483. The molecule has 104 valence electrons. The Morgan fingerprint density at radius 1 is 1.37 bits per heavy atom. The summed E-state index contributed by atoms with van der Waals surface area (Å²) in [6.07, 6.45) is -4.41. The third kappa shape index (κ3) is 2.09. The van der Waals surface area contributed by atoms with Crippen molar-refractivity contribution in [3.05, 3.63) is 22.4 Å². The van der Waals surface area contributed by atoms with Crippen LogP contribution in [0.25, 0.3) is 0 Å². The van der Waals surface area contributed by atoms with Gasteiger partial charge in [-0.1, -0.05) is 6.07 Å². The lowest BCUT2D eigenvalue weighted by atomic mass is 10.0. The van der Waals surface area contributed by atoms with E-state index < -0.39 is 11.8 Å². The van der Waals surface area contributed by atoms with Crippen molar-refractivity contribution in [1.82, 2.24) is 10.2 Å². The monoisotopic (exact) mass is 289 g/mol. The number of alkyl halides is 3. The number of nitrogens with zero attached hydrogens (tertiary/aromatic N) is 2. The zero-order chi connectivity index (χ0) is 13.5. The summed E-state index contributed by atoms with van der Waals surface area (Å²) < 4.78 is 40.6. The molecule has 1 N–H and O–H groups in total. The molecule has 2 aliphatic heterocycles. The number of thiophene rings is 1. The molecule has 19 heavy (non-hydrogen) atoms. The minimum absolute atomic E-state index is 0.114. The molecule has 0 radical (unpaired) electrons. The molecule has 0 saturated carbocycles. The summed E-state index contributed by atoms with van der Waals surface area (Å²) in [5, 5.41) is 4.53. The number of rotatable bonds is 1. The topological polar surface area (TPSA) is 27.6 Å². The molecule has 0 unspecified atom stereocenters. The predicted molar refractivity (Wildman–Crippen MR) is 68.7 cm³/mol. The molecule has 1 fully saturated rings. The van der Waals surface area contributed by atoms with Gasteiger partial charge in [0.2, 0.25) is 0 Å². The maximum absolute atomic E-state index is 13.5. The van der Waals surface area contributed by atoms with Crippen LogP contribution in [0.4, 0.5) is 13.2 Å². The van der Waals surface area contributed by atoms with E-state index in [1.54, 1.807) is 0 Å². The van der Waals surface area contributed by atoms with Gasteiger partial charge in [0.25, 0.3) is 0 Å². The first-order valence-electron chi connectivity index (χ1n) is 6.17. The Kier molecular flexibility index (Phi) is 3.15. The maximum Gasteiger partial charge on any atom is 0.420 e. The molecule has 7 heteroatoms. The van der Waals surface area contributed by atoms with Crippen LogP contribution in [-0.4, -0.2) is 48.6 Å². The van der Waals surface area contributed by atoms with Gasteiger partial charge in [0.05, 0.1) is 12.3 Å². The van der Waals surface area contributed by atoms with Crippen molar-refractivity contribution >= 4 is 17.0 Å². The fourth-order valence-corrected chi connectivity index (χ4v) is 3.50. The number of halogens is 3. The average molecular weight is 289 g/mol. The van der Waals surface area contributed by atoms with Gasteiger partial charge in [-0.3, -0.25) is 15.2 Å². The lowest BCUT2D eigenvalue weighted by Gasteiger charge is -2.38. The van der Waals surface area contributed by atoms with Gasteiger partial charge in [0, 0.05) is 30.9 Å². The summed E-state index contributed by atoms with van der Waals surface area (Å²) in [6, 6.07) is 3.67. The largest absolute Gasteiger partial charge is 0.420 e. The molecule has 0 aliphatic carbocycles. The molecule has 3 heterocycles. The van der Waals surface area contributed by atoms with Gasteiger partial charge in [-0.2, -0.15) is 13.2 Å². The average Bonchev–Trinajstić information content (AvgIpc) is 2.95. The van der Waals surface area contributed by atoms with E-state index in [9.17, 15) is 13.2 Å². The van der Waals surface area contributed by atoms with Crippen LogP contribution in [-0.2, 0) is 0 Å². The normalized spacial score (nSPS) is 28.9. The van der Waals surface area contributed by atoms with Crippen LogP contribution in [0.5, 0.6) is 0 Å². The molecule has 0 spiro atoms.